The van der Waals surface area contributed by atoms with Gasteiger partial charge in [-0.3, -0.25) is 14.2 Å². The molecule has 4 aromatic rings. The van der Waals surface area contributed by atoms with Gasteiger partial charge in [-0.15, -0.1) is 0 Å². The van der Waals surface area contributed by atoms with Crippen molar-refractivity contribution in [2.24, 2.45) is 0 Å². The van der Waals surface area contributed by atoms with Crippen LogP contribution in [-0.2, 0) is 0 Å². The van der Waals surface area contributed by atoms with Crippen LogP contribution in [0.3, 0.4) is 0 Å². The first-order valence-electron chi connectivity index (χ1n) is 9.76. The van der Waals surface area contributed by atoms with Gasteiger partial charge >= 0.3 is 0 Å². The van der Waals surface area contributed by atoms with Gasteiger partial charge in [-0.1, -0.05) is 65.4 Å². The van der Waals surface area contributed by atoms with E-state index in [-0.39, 0.29) is 17.1 Å². The summed E-state index contributed by atoms with van der Waals surface area (Å²) < 4.78 is 1.60. The minimum Gasteiger partial charge on any atom is -0.293 e. The zero-order valence-corrected chi connectivity index (χ0v) is 18.0. The summed E-state index contributed by atoms with van der Waals surface area (Å²) in [5.74, 6) is 0.232. The Morgan fingerprint density at radius 2 is 1.63 bits per heavy atom. The fraction of sp³-hybridized carbons (Fsp3) is 0.160. The molecule has 0 atom stereocenters. The van der Waals surface area contributed by atoms with Crippen LogP contribution < -0.4 is 5.56 Å². The minimum absolute atomic E-state index is 0.0235. The van der Waals surface area contributed by atoms with Crippen LogP contribution in [-0.4, -0.2) is 21.1 Å². The molecule has 0 aliphatic rings. The van der Waals surface area contributed by atoms with Crippen molar-refractivity contribution in [1.29, 1.82) is 0 Å². The fourth-order valence-electron chi connectivity index (χ4n) is 3.46. The van der Waals surface area contributed by atoms with Gasteiger partial charge in [0.2, 0.25) is 0 Å². The summed E-state index contributed by atoms with van der Waals surface area (Å²) in [6.07, 6.45) is 0. The van der Waals surface area contributed by atoms with E-state index in [1.54, 1.807) is 10.6 Å². The van der Waals surface area contributed by atoms with E-state index in [2.05, 4.69) is 0 Å². The van der Waals surface area contributed by atoms with Crippen LogP contribution in [0.4, 0.5) is 0 Å². The minimum atomic E-state index is -0.133. The van der Waals surface area contributed by atoms with Crippen LogP contribution >= 0.6 is 11.8 Å². The zero-order chi connectivity index (χ0) is 21.3. The Labute approximate surface area is 179 Å². The molecule has 1 aromatic heterocycles. The molecule has 0 saturated heterocycles. The summed E-state index contributed by atoms with van der Waals surface area (Å²) >= 11 is 1.29. The van der Waals surface area contributed by atoms with Crippen molar-refractivity contribution in [1.82, 2.24) is 9.55 Å². The number of aromatic nitrogens is 2. The highest BCUT2D eigenvalue weighted by Crippen LogP contribution is 2.23. The molecule has 30 heavy (non-hydrogen) atoms. The van der Waals surface area contributed by atoms with Crippen molar-refractivity contribution < 1.29 is 4.79 Å². The van der Waals surface area contributed by atoms with E-state index >= 15 is 0 Å². The Morgan fingerprint density at radius 1 is 0.933 bits per heavy atom. The van der Waals surface area contributed by atoms with Gasteiger partial charge < -0.3 is 0 Å². The molecule has 0 fully saturated rings. The predicted octanol–water partition coefficient (Wildman–Crippen LogP) is 5.29. The number of para-hydroxylation sites is 1. The van der Waals surface area contributed by atoms with Gasteiger partial charge in [-0.2, -0.15) is 0 Å². The molecule has 1 heterocycles. The summed E-state index contributed by atoms with van der Waals surface area (Å²) in [5.41, 5.74) is 5.14. The second-order valence-electron chi connectivity index (χ2n) is 7.42. The topological polar surface area (TPSA) is 52.0 Å². The van der Waals surface area contributed by atoms with Crippen LogP contribution in [0.15, 0.2) is 76.7 Å². The van der Waals surface area contributed by atoms with Gasteiger partial charge in [0.05, 0.1) is 22.3 Å². The van der Waals surface area contributed by atoms with E-state index in [4.69, 9.17) is 4.98 Å². The van der Waals surface area contributed by atoms with Crippen LogP contribution in [0.25, 0.3) is 16.6 Å². The van der Waals surface area contributed by atoms with Crippen LogP contribution in [0, 0.1) is 20.8 Å². The van der Waals surface area contributed by atoms with Crippen molar-refractivity contribution in [2.75, 3.05) is 5.75 Å². The average Bonchev–Trinajstić information content (AvgIpc) is 2.73. The van der Waals surface area contributed by atoms with Crippen molar-refractivity contribution in [2.45, 2.75) is 25.9 Å². The molecule has 0 aliphatic carbocycles. The smallest absolute Gasteiger partial charge is 0.266 e. The molecule has 0 radical (unpaired) electrons. The third kappa shape index (κ3) is 3.94. The largest absolute Gasteiger partial charge is 0.293 e. The maximum atomic E-state index is 13.3. The summed E-state index contributed by atoms with van der Waals surface area (Å²) in [7, 11) is 0. The molecule has 5 heteroatoms. The highest BCUT2D eigenvalue weighted by Gasteiger charge is 2.16. The number of benzene rings is 3. The van der Waals surface area contributed by atoms with Crippen LogP contribution in [0.5, 0.6) is 0 Å². The number of nitrogens with zero attached hydrogens (tertiary/aromatic N) is 2. The number of carbonyl (C=O) groups excluding carboxylic acids is 1. The summed E-state index contributed by atoms with van der Waals surface area (Å²) in [5, 5.41) is 1.07. The zero-order valence-electron chi connectivity index (χ0n) is 17.2. The molecule has 4 rings (SSSR count). The Morgan fingerprint density at radius 3 is 2.37 bits per heavy atom. The Hall–Kier alpha value is -3.18. The third-order valence-corrected chi connectivity index (χ3v) is 5.99. The first-order valence-corrected chi connectivity index (χ1v) is 10.7. The molecule has 3 aromatic carbocycles. The van der Waals surface area contributed by atoms with E-state index in [0.29, 0.717) is 21.6 Å². The lowest BCUT2D eigenvalue weighted by Crippen LogP contribution is -2.22. The fourth-order valence-corrected chi connectivity index (χ4v) is 4.36. The number of Topliss-reactive ketones (excluding diaryl/α,β-unsaturated/α-hetero) is 1. The number of aryl methyl sites for hydroxylation is 3. The molecule has 0 spiro atoms. The molecular weight excluding hydrogens is 392 g/mol. The molecule has 0 bridgehead atoms. The third-order valence-electron chi connectivity index (χ3n) is 5.05. The van der Waals surface area contributed by atoms with Gasteiger partial charge in [0.25, 0.3) is 5.56 Å². The van der Waals surface area contributed by atoms with Crippen LogP contribution in [0.1, 0.15) is 27.0 Å². The predicted molar refractivity (Wildman–Crippen MR) is 123 cm³/mol. The summed E-state index contributed by atoms with van der Waals surface area (Å²) in [4.78, 5) is 30.8. The van der Waals surface area contributed by atoms with E-state index in [1.165, 1.54) is 11.8 Å². The first kappa shape index (κ1) is 20.1. The molecule has 0 unspecified atom stereocenters. The first-order chi connectivity index (χ1) is 14.4. The lowest BCUT2D eigenvalue weighted by atomic mass is 10.0. The number of thioether (sulfide) groups is 1. The normalized spacial score (nSPS) is 11.0. The maximum Gasteiger partial charge on any atom is 0.266 e. The SMILES string of the molecule is Cc1ccc(-n2c(SCC(=O)c3ccc(C)cc3C)nc3ccccc3c2=O)cc1. The van der Waals surface area contributed by atoms with E-state index in [0.717, 1.165) is 22.4 Å². The number of carbonyl (C=O) groups is 1. The van der Waals surface area contributed by atoms with Gasteiger partial charge in [0, 0.05) is 5.56 Å². The maximum absolute atomic E-state index is 13.3. The number of rotatable bonds is 5. The lowest BCUT2D eigenvalue weighted by molar-refractivity contribution is 0.102. The Kier molecular flexibility index (Phi) is 5.55. The van der Waals surface area contributed by atoms with Gasteiger partial charge in [-0.05, 0) is 50.6 Å². The van der Waals surface area contributed by atoms with Crippen molar-refractivity contribution in [3.8, 4) is 5.69 Å². The Balaban J connectivity index is 1.75. The van der Waals surface area contributed by atoms with Crippen LogP contribution in [0.2, 0.25) is 0 Å². The lowest BCUT2D eigenvalue weighted by Gasteiger charge is -2.13. The van der Waals surface area contributed by atoms with E-state index in [9.17, 15) is 9.59 Å². The quantitative estimate of drug-likeness (QED) is 0.253. The van der Waals surface area contributed by atoms with Crippen molar-refractivity contribution in [3.05, 3.63) is 99.3 Å². The van der Waals surface area contributed by atoms with Crippen molar-refractivity contribution in [3.63, 3.8) is 0 Å². The second kappa shape index (κ2) is 8.28. The van der Waals surface area contributed by atoms with Gasteiger partial charge in [0.15, 0.2) is 10.9 Å². The number of fused-ring (bicyclic) bond motifs is 1. The highest BCUT2D eigenvalue weighted by atomic mass is 32.2. The van der Waals surface area contributed by atoms with Crippen molar-refractivity contribution >= 4 is 28.4 Å². The number of ketones is 1. The van der Waals surface area contributed by atoms with E-state index < -0.39 is 0 Å². The molecule has 4 nitrogen and oxygen atoms in total. The molecule has 0 aliphatic heterocycles. The second-order valence-corrected chi connectivity index (χ2v) is 8.36. The monoisotopic (exact) mass is 414 g/mol. The molecule has 0 N–H and O–H groups in total. The number of hydrogen-bond donors (Lipinski definition) is 0. The van der Waals surface area contributed by atoms with E-state index in [1.807, 2.05) is 81.4 Å². The Bertz CT molecular complexity index is 1310. The summed E-state index contributed by atoms with van der Waals surface area (Å²) in [6.45, 7) is 5.96. The molecule has 0 saturated carbocycles. The highest BCUT2D eigenvalue weighted by molar-refractivity contribution is 7.99. The standard InChI is InChI=1S/C25H22N2O2S/c1-16-8-11-19(12-9-16)27-24(29)21-6-4-5-7-22(21)26-25(27)30-15-23(28)20-13-10-17(2)14-18(20)3/h4-14H,15H2,1-3H3. The number of hydrogen-bond acceptors (Lipinski definition) is 4. The van der Waals surface area contributed by atoms with Gasteiger partial charge in [0.1, 0.15) is 0 Å². The molecule has 0 amide bonds. The average molecular weight is 415 g/mol. The molecule has 150 valence electrons. The summed E-state index contributed by atoms with van der Waals surface area (Å²) in [6, 6.07) is 20.9. The molecular formula is C25H22N2O2S. The van der Waals surface area contributed by atoms with Gasteiger partial charge in [-0.25, -0.2) is 4.98 Å².